The zero-order valence-corrected chi connectivity index (χ0v) is 25.5. The van der Waals surface area contributed by atoms with Crippen molar-refractivity contribution in [2.45, 2.75) is 51.4 Å². The molecule has 2 atom stereocenters. The Morgan fingerprint density at radius 3 is 2.71 bits per heavy atom. The summed E-state index contributed by atoms with van der Waals surface area (Å²) in [6.07, 6.45) is 1.61. The van der Waals surface area contributed by atoms with Gasteiger partial charge in [0.05, 0.1) is 32.4 Å². The number of ketones is 1. The van der Waals surface area contributed by atoms with Gasteiger partial charge < -0.3 is 29.3 Å². The predicted octanol–water partition coefficient (Wildman–Crippen LogP) is 4.40. The lowest BCUT2D eigenvalue weighted by atomic mass is 9.98. The van der Waals surface area contributed by atoms with Crippen LogP contribution in [0.1, 0.15) is 68.4 Å². The summed E-state index contributed by atoms with van der Waals surface area (Å²) >= 11 is 0. The minimum absolute atomic E-state index is 0.0643. The Kier molecular flexibility index (Phi) is 8.84. The largest absolute Gasteiger partial charge is 0.493 e. The number of likely N-dealkylation sites (tertiary alicyclic amines) is 1. The third-order valence-electron chi connectivity index (χ3n) is 8.62. The Labute approximate surface area is 262 Å². The molecule has 0 radical (unpaired) electrons. The number of carbonyl (C=O) groups is 4. The van der Waals surface area contributed by atoms with E-state index >= 15 is 0 Å². The molecule has 0 unspecified atom stereocenters. The molecule has 10 nitrogen and oxygen atoms in total. The molecule has 2 aliphatic heterocycles. The summed E-state index contributed by atoms with van der Waals surface area (Å²) in [6.45, 7) is 3.13. The van der Waals surface area contributed by atoms with E-state index < -0.39 is 6.10 Å². The maximum absolute atomic E-state index is 13.8. The Balaban J connectivity index is 1.29. The Hall–Kier alpha value is -4.70. The lowest BCUT2D eigenvalue weighted by Crippen LogP contribution is -2.57. The first-order valence-corrected chi connectivity index (χ1v) is 15.4. The van der Waals surface area contributed by atoms with E-state index in [4.69, 9.17) is 14.2 Å². The van der Waals surface area contributed by atoms with Crippen molar-refractivity contribution in [3.05, 3.63) is 88.5 Å². The van der Waals surface area contributed by atoms with E-state index in [0.29, 0.717) is 72.7 Å². The number of carbonyl (C=O) groups excluding carboxylic acids is 4. The molecule has 45 heavy (non-hydrogen) atoms. The molecule has 0 spiro atoms. The van der Waals surface area contributed by atoms with Crippen LogP contribution in [0.2, 0.25) is 0 Å². The molecule has 3 aromatic carbocycles. The van der Waals surface area contributed by atoms with Crippen molar-refractivity contribution in [3.8, 4) is 17.2 Å². The van der Waals surface area contributed by atoms with Crippen molar-refractivity contribution in [3.63, 3.8) is 0 Å². The predicted molar refractivity (Wildman–Crippen MR) is 166 cm³/mol. The van der Waals surface area contributed by atoms with E-state index in [0.717, 1.165) is 11.1 Å². The first-order valence-electron chi connectivity index (χ1n) is 15.4. The molecule has 234 valence electrons. The van der Waals surface area contributed by atoms with E-state index in [9.17, 15) is 19.2 Å². The van der Waals surface area contributed by atoms with Crippen LogP contribution in [-0.4, -0.2) is 78.7 Å². The molecule has 4 bridgehead atoms. The molecular formula is C35H37N3O7. The molecule has 6 rings (SSSR count). The highest BCUT2D eigenvalue weighted by Crippen LogP contribution is 2.34. The third kappa shape index (κ3) is 6.42. The van der Waals surface area contributed by atoms with Crippen molar-refractivity contribution in [2.24, 2.45) is 0 Å². The van der Waals surface area contributed by atoms with Crippen molar-refractivity contribution in [1.82, 2.24) is 15.1 Å². The molecule has 0 saturated carbocycles. The Bertz CT molecular complexity index is 1640. The number of benzene rings is 3. The van der Waals surface area contributed by atoms with Gasteiger partial charge in [-0.1, -0.05) is 31.2 Å². The van der Waals surface area contributed by atoms with Gasteiger partial charge in [0.15, 0.2) is 17.3 Å². The first kappa shape index (κ1) is 30.3. The van der Waals surface area contributed by atoms with Crippen LogP contribution in [0.25, 0.3) is 0 Å². The van der Waals surface area contributed by atoms with Crippen LogP contribution in [0.15, 0.2) is 60.7 Å². The lowest BCUT2D eigenvalue weighted by molar-refractivity contribution is -0.124. The summed E-state index contributed by atoms with van der Waals surface area (Å²) in [4.78, 5) is 56.4. The van der Waals surface area contributed by atoms with E-state index in [1.54, 1.807) is 41.3 Å². The van der Waals surface area contributed by atoms with Gasteiger partial charge in [-0.2, -0.15) is 0 Å². The normalized spacial score (nSPS) is 20.2. The highest BCUT2D eigenvalue weighted by Gasteiger charge is 2.36. The summed E-state index contributed by atoms with van der Waals surface area (Å²) < 4.78 is 18.1. The minimum atomic E-state index is -0.509. The summed E-state index contributed by atoms with van der Waals surface area (Å²) in [5, 5.41) is 3.10. The zero-order chi connectivity index (χ0) is 31.5. The minimum Gasteiger partial charge on any atom is -0.493 e. The molecule has 1 aliphatic carbocycles. The number of Topliss-reactive ketones (excluding diaryl/α,β-unsaturated/α-hetero) is 1. The van der Waals surface area contributed by atoms with Gasteiger partial charge in [-0.25, -0.2) is 0 Å². The number of ether oxygens (including phenoxy) is 3. The van der Waals surface area contributed by atoms with Crippen LogP contribution in [0.5, 0.6) is 17.2 Å². The molecule has 1 fully saturated rings. The number of fused-ring (bicyclic) bond motifs is 6. The van der Waals surface area contributed by atoms with E-state index in [1.165, 1.54) is 12.0 Å². The number of nitrogens with zero attached hydrogens (tertiary/aromatic N) is 2. The van der Waals surface area contributed by atoms with Crippen molar-refractivity contribution < 1.29 is 33.4 Å². The second kappa shape index (κ2) is 13.1. The van der Waals surface area contributed by atoms with E-state index in [-0.39, 0.29) is 49.2 Å². The van der Waals surface area contributed by atoms with Crippen LogP contribution in [0.4, 0.5) is 0 Å². The number of amides is 3. The second-order valence-electron chi connectivity index (χ2n) is 11.7. The topological polar surface area (TPSA) is 114 Å². The molecule has 3 aromatic rings. The van der Waals surface area contributed by atoms with Gasteiger partial charge in [-0.15, -0.1) is 0 Å². The van der Waals surface area contributed by atoms with Crippen LogP contribution in [-0.2, 0) is 22.6 Å². The summed E-state index contributed by atoms with van der Waals surface area (Å²) in [5.74, 6) is 0.731. The van der Waals surface area contributed by atoms with Gasteiger partial charge in [-0.05, 0) is 66.8 Å². The van der Waals surface area contributed by atoms with Crippen molar-refractivity contribution in [2.75, 3.05) is 33.3 Å². The Morgan fingerprint density at radius 2 is 1.89 bits per heavy atom. The van der Waals surface area contributed by atoms with Crippen LogP contribution in [0, 0.1) is 0 Å². The summed E-state index contributed by atoms with van der Waals surface area (Å²) in [5.41, 5.74) is 3.21. The van der Waals surface area contributed by atoms with Crippen LogP contribution >= 0.6 is 0 Å². The molecule has 3 amide bonds. The monoisotopic (exact) mass is 611 g/mol. The molecule has 1 saturated heterocycles. The fraction of sp³-hybridized carbons (Fsp3) is 0.371. The molecule has 10 heteroatoms. The van der Waals surface area contributed by atoms with Gasteiger partial charge in [0, 0.05) is 42.7 Å². The number of piperidine rings is 1. The van der Waals surface area contributed by atoms with Gasteiger partial charge in [0.2, 0.25) is 5.91 Å². The third-order valence-corrected chi connectivity index (χ3v) is 8.62. The number of hydrogen-bond acceptors (Lipinski definition) is 7. The highest BCUT2D eigenvalue weighted by molar-refractivity contribution is 6.05. The molecule has 0 aromatic heterocycles. The first-order chi connectivity index (χ1) is 21.8. The van der Waals surface area contributed by atoms with Crippen LogP contribution in [0.3, 0.4) is 0 Å². The highest BCUT2D eigenvalue weighted by atomic mass is 16.5. The van der Waals surface area contributed by atoms with E-state index in [1.807, 2.05) is 31.2 Å². The second-order valence-corrected chi connectivity index (χ2v) is 11.7. The standard InChI is InChI=1S/C35H37N3O7/c1-3-15-37-20-33(40)36-28-14-16-38(35(42)27-9-5-8-26-25(27)11-12-29(26)39)19-32(28)44-21-22-6-4-7-24(17-22)45-31-18-23(34(37)41)10-13-30(31)43-2/h4-10,13,17-18,28,32H,3,11-12,14-16,19-21H2,1-2H3,(H,36,40)/t28-,32-/m0/s1. The molecule has 1 N–H and O–H groups in total. The zero-order valence-electron chi connectivity index (χ0n) is 25.5. The van der Waals surface area contributed by atoms with Gasteiger partial charge in [0.1, 0.15) is 5.75 Å². The van der Waals surface area contributed by atoms with Gasteiger partial charge >= 0.3 is 0 Å². The van der Waals surface area contributed by atoms with Gasteiger partial charge in [0.25, 0.3) is 11.8 Å². The quantitative estimate of drug-likeness (QED) is 0.465. The van der Waals surface area contributed by atoms with Crippen LogP contribution < -0.4 is 14.8 Å². The molecular weight excluding hydrogens is 574 g/mol. The number of methoxy groups -OCH3 is 1. The molecule has 3 aliphatic rings. The average Bonchev–Trinajstić information content (AvgIpc) is 3.43. The Morgan fingerprint density at radius 1 is 1.04 bits per heavy atom. The van der Waals surface area contributed by atoms with Crippen molar-refractivity contribution >= 4 is 23.5 Å². The summed E-state index contributed by atoms with van der Waals surface area (Å²) in [6, 6.07) is 17.4. The fourth-order valence-corrected chi connectivity index (χ4v) is 6.35. The number of nitrogens with one attached hydrogen (secondary N) is 1. The maximum Gasteiger partial charge on any atom is 0.254 e. The van der Waals surface area contributed by atoms with Gasteiger partial charge in [-0.3, -0.25) is 19.2 Å². The van der Waals surface area contributed by atoms with Crippen molar-refractivity contribution in [1.29, 1.82) is 0 Å². The smallest absolute Gasteiger partial charge is 0.254 e. The molecule has 2 heterocycles. The number of rotatable bonds is 4. The fourth-order valence-electron chi connectivity index (χ4n) is 6.35. The maximum atomic E-state index is 13.8. The summed E-state index contributed by atoms with van der Waals surface area (Å²) in [7, 11) is 1.53. The average molecular weight is 612 g/mol. The lowest BCUT2D eigenvalue weighted by Gasteiger charge is -2.39. The van der Waals surface area contributed by atoms with E-state index in [2.05, 4.69) is 5.32 Å². The number of hydrogen-bond donors (Lipinski definition) is 1. The SMILES string of the molecule is CCCN1CC(=O)N[C@H]2CCN(C(=O)c3cccc4c3CCC4=O)C[C@@H]2OCc2cccc(c2)Oc2cc(ccc2OC)C1=O.